The number of methoxy groups -OCH3 is 1. The average molecular weight is 331 g/mol. The van der Waals surface area contributed by atoms with Crippen LogP contribution in [0.3, 0.4) is 0 Å². The summed E-state index contributed by atoms with van der Waals surface area (Å²) in [5.74, 6) is 11.8. The average Bonchev–Trinajstić information content (AvgIpc) is 2.67. The van der Waals surface area contributed by atoms with E-state index in [0.29, 0.717) is 17.9 Å². The highest BCUT2D eigenvalue weighted by Crippen LogP contribution is 2.41. The van der Waals surface area contributed by atoms with E-state index in [1.807, 2.05) is 7.11 Å². The summed E-state index contributed by atoms with van der Waals surface area (Å²) in [5.41, 5.74) is 0. The van der Waals surface area contributed by atoms with Crippen molar-refractivity contribution in [1.29, 1.82) is 0 Å². The van der Waals surface area contributed by atoms with Crippen molar-refractivity contribution in [2.24, 2.45) is 29.6 Å². The van der Waals surface area contributed by atoms with Gasteiger partial charge >= 0.3 is 0 Å². The van der Waals surface area contributed by atoms with Crippen molar-refractivity contribution >= 4 is 0 Å². The fourth-order valence-electron chi connectivity index (χ4n) is 5.48. The normalized spacial score (nSPS) is 40.6. The lowest BCUT2D eigenvalue weighted by Gasteiger charge is -2.37. The smallest absolute Gasteiger partial charge is 0.0572 e. The minimum atomic E-state index is 0.501. The summed E-state index contributed by atoms with van der Waals surface area (Å²) in [6.07, 6.45) is 18.5. The summed E-state index contributed by atoms with van der Waals surface area (Å²) < 4.78 is 5.47. The van der Waals surface area contributed by atoms with Gasteiger partial charge in [0.15, 0.2) is 0 Å². The number of rotatable bonds is 3. The Kier molecular flexibility index (Phi) is 7.08. The lowest BCUT2D eigenvalue weighted by Crippen LogP contribution is -2.25. The molecule has 3 aliphatic carbocycles. The van der Waals surface area contributed by atoms with E-state index in [-0.39, 0.29) is 0 Å². The summed E-state index contributed by atoms with van der Waals surface area (Å²) in [6, 6.07) is 0. The molecule has 1 heteroatoms. The van der Waals surface area contributed by atoms with Gasteiger partial charge in [-0.1, -0.05) is 38.0 Å². The van der Waals surface area contributed by atoms with E-state index in [2.05, 4.69) is 18.8 Å². The van der Waals surface area contributed by atoms with Gasteiger partial charge in [0.05, 0.1) is 6.10 Å². The zero-order valence-corrected chi connectivity index (χ0v) is 16.1. The molecule has 136 valence electrons. The molecule has 0 atom stereocenters. The van der Waals surface area contributed by atoms with Gasteiger partial charge < -0.3 is 4.74 Å². The van der Waals surface area contributed by atoms with Crippen LogP contribution in [0.15, 0.2) is 0 Å². The molecule has 3 saturated carbocycles. The predicted octanol–water partition coefficient (Wildman–Crippen LogP) is 6.22. The van der Waals surface area contributed by atoms with Crippen molar-refractivity contribution in [3.63, 3.8) is 0 Å². The number of ether oxygens (including phenoxy) is 1. The van der Waals surface area contributed by atoms with Crippen LogP contribution in [0.4, 0.5) is 0 Å². The molecule has 0 N–H and O–H groups in total. The fraction of sp³-hybridized carbons (Fsp3) is 0.913. The van der Waals surface area contributed by atoms with Crippen LogP contribution < -0.4 is 0 Å². The molecule has 0 amide bonds. The Balaban J connectivity index is 1.38. The summed E-state index contributed by atoms with van der Waals surface area (Å²) in [6.45, 7) is 2.37. The first kappa shape index (κ1) is 18.3. The zero-order valence-electron chi connectivity index (χ0n) is 16.1. The molecule has 3 aliphatic rings. The first-order valence-corrected chi connectivity index (χ1v) is 10.8. The van der Waals surface area contributed by atoms with Gasteiger partial charge in [0, 0.05) is 18.9 Å². The lowest BCUT2D eigenvalue weighted by molar-refractivity contribution is 0.0636. The van der Waals surface area contributed by atoms with Crippen LogP contribution in [-0.2, 0) is 4.74 Å². The monoisotopic (exact) mass is 330 g/mol. The molecule has 0 bridgehead atoms. The molecule has 24 heavy (non-hydrogen) atoms. The Bertz CT molecular complexity index is 407. The van der Waals surface area contributed by atoms with Crippen LogP contribution in [0.25, 0.3) is 0 Å². The first-order chi connectivity index (χ1) is 11.8. The molecule has 0 saturated heterocycles. The fourth-order valence-corrected chi connectivity index (χ4v) is 5.48. The van der Waals surface area contributed by atoms with Crippen LogP contribution >= 0.6 is 0 Å². The third-order valence-corrected chi connectivity index (χ3v) is 7.41. The molecule has 3 rings (SSSR count). The van der Waals surface area contributed by atoms with E-state index < -0.39 is 0 Å². The van der Waals surface area contributed by atoms with Gasteiger partial charge in [-0.25, -0.2) is 0 Å². The standard InChI is InChI=1S/C23H38O/c1-3-18-6-12-21(13-7-18)22-14-8-19(9-15-22)4-5-20-10-16-23(24-2)17-11-20/h18-23H,3,6-17H2,1-2H3. The second kappa shape index (κ2) is 9.28. The topological polar surface area (TPSA) is 9.23 Å². The third kappa shape index (κ3) is 5.01. The van der Waals surface area contributed by atoms with Gasteiger partial charge in [-0.05, 0) is 82.0 Å². The number of hydrogen-bond acceptors (Lipinski definition) is 1. The van der Waals surface area contributed by atoms with Crippen molar-refractivity contribution in [3.8, 4) is 11.8 Å². The summed E-state index contributed by atoms with van der Waals surface area (Å²) in [7, 11) is 1.85. The van der Waals surface area contributed by atoms with E-state index in [1.54, 1.807) is 0 Å². The van der Waals surface area contributed by atoms with E-state index in [1.165, 1.54) is 83.5 Å². The van der Waals surface area contributed by atoms with Gasteiger partial charge in [-0.3, -0.25) is 0 Å². The van der Waals surface area contributed by atoms with E-state index in [9.17, 15) is 0 Å². The van der Waals surface area contributed by atoms with Gasteiger partial charge in [0.25, 0.3) is 0 Å². The highest BCUT2D eigenvalue weighted by Gasteiger charge is 2.30. The molecule has 0 aliphatic heterocycles. The summed E-state index contributed by atoms with van der Waals surface area (Å²) in [5, 5.41) is 0. The van der Waals surface area contributed by atoms with Crippen molar-refractivity contribution in [2.75, 3.05) is 7.11 Å². The Hall–Kier alpha value is -0.480. The van der Waals surface area contributed by atoms with Crippen LogP contribution in [0.5, 0.6) is 0 Å². The van der Waals surface area contributed by atoms with Crippen molar-refractivity contribution in [3.05, 3.63) is 0 Å². The van der Waals surface area contributed by atoms with Gasteiger partial charge in [-0.15, -0.1) is 0 Å². The second-order valence-electron chi connectivity index (χ2n) is 8.80. The largest absolute Gasteiger partial charge is 0.381 e. The Morgan fingerprint density at radius 1 is 0.667 bits per heavy atom. The Labute approximate surface area is 150 Å². The van der Waals surface area contributed by atoms with Crippen LogP contribution in [0, 0.1) is 41.4 Å². The predicted molar refractivity (Wildman–Crippen MR) is 102 cm³/mol. The maximum Gasteiger partial charge on any atom is 0.0572 e. The third-order valence-electron chi connectivity index (χ3n) is 7.41. The van der Waals surface area contributed by atoms with Crippen LogP contribution in [-0.4, -0.2) is 13.2 Å². The zero-order chi connectivity index (χ0) is 16.8. The summed E-state index contributed by atoms with van der Waals surface area (Å²) in [4.78, 5) is 0. The van der Waals surface area contributed by atoms with E-state index >= 15 is 0 Å². The van der Waals surface area contributed by atoms with Gasteiger partial charge in [-0.2, -0.15) is 0 Å². The van der Waals surface area contributed by atoms with Crippen LogP contribution in [0.2, 0.25) is 0 Å². The molecule has 0 aromatic rings. The molecular formula is C23H38O. The highest BCUT2D eigenvalue weighted by atomic mass is 16.5. The van der Waals surface area contributed by atoms with Gasteiger partial charge in [0.2, 0.25) is 0 Å². The van der Waals surface area contributed by atoms with E-state index in [4.69, 9.17) is 4.74 Å². The van der Waals surface area contributed by atoms with Gasteiger partial charge in [0.1, 0.15) is 0 Å². The van der Waals surface area contributed by atoms with Crippen molar-refractivity contribution in [1.82, 2.24) is 0 Å². The highest BCUT2D eigenvalue weighted by molar-refractivity contribution is 5.09. The maximum atomic E-state index is 5.47. The SMILES string of the molecule is CCC1CCC(C2CCC(C#CC3CCC(OC)CC3)CC2)CC1. The van der Waals surface area contributed by atoms with E-state index in [0.717, 1.165) is 17.8 Å². The maximum absolute atomic E-state index is 5.47. The lowest BCUT2D eigenvalue weighted by atomic mass is 9.69. The second-order valence-corrected chi connectivity index (χ2v) is 8.80. The quantitative estimate of drug-likeness (QED) is 0.558. The van der Waals surface area contributed by atoms with Crippen molar-refractivity contribution < 1.29 is 4.74 Å². The summed E-state index contributed by atoms with van der Waals surface area (Å²) >= 11 is 0. The van der Waals surface area contributed by atoms with Crippen molar-refractivity contribution in [2.45, 2.75) is 96.5 Å². The minimum absolute atomic E-state index is 0.501. The Morgan fingerprint density at radius 3 is 1.58 bits per heavy atom. The minimum Gasteiger partial charge on any atom is -0.381 e. The molecule has 0 aromatic heterocycles. The molecule has 0 aromatic carbocycles. The molecular weight excluding hydrogens is 292 g/mol. The molecule has 0 radical (unpaired) electrons. The van der Waals surface area contributed by atoms with Crippen LogP contribution in [0.1, 0.15) is 90.4 Å². The molecule has 0 heterocycles. The molecule has 0 unspecified atom stereocenters. The Morgan fingerprint density at radius 2 is 1.12 bits per heavy atom. The molecule has 0 spiro atoms. The number of hydrogen-bond donors (Lipinski definition) is 0. The molecule has 3 fully saturated rings. The molecule has 1 nitrogen and oxygen atoms in total. The first-order valence-electron chi connectivity index (χ1n) is 10.8.